The zero-order valence-electron chi connectivity index (χ0n) is 13.8. The molecule has 8 heteroatoms. The zero-order valence-corrected chi connectivity index (χ0v) is 14.7. The number of hydrogen-bond donors (Lipinski definition) is 2. The molecule has 2 aromatic heterocycles. The van der Waals surface area contributed by atoms with Gasteiger partial charge >= 0.3 is 0 Å². The first-order valence-corrected chi connectivity index (χ1v) is 8.41. The Kier molecular flexibility index (Phi) is 5.42. The van der Waals surface area contributed by atoms with E-state index in [1.807, 2.05) is 18.2 Å². The molecule has 0 aliphatic heterocycles. The topological polar surface area (TPSA) is 89.4 Å². The quantitative estimate of drug-likeness (QED) is 0.671. The molecule has 0 spiro atoms. The van der Waals surface area contributed by atoms with Crippen molar-refractivity contribution < 1.29 is 14.6 Å². The molecule has 0 bridgehead atoms. The number of methoxy groups -OCH3 is 2. The van der Waals surface area contributed by atoms with Gasteiger partial charge in [0.2, 0.25) is 5.13 Å². The van der Waals surface area contributed by atoms with Crippen LogP contribution in [0.25, 0.3) is 10.7 Å². The van der Waals surface area contributed by atoms with Crippen molar-refractivity contribution in [1.82, 2.24) is 15.2 Å². The highest BCUT2D eigenvalue weighted by atomic mass is 32.1. The summed E-state index contributed by atoms with van der Waals surface area (Å²) in [7, 11) is 3.14. The van der Waals surface area contributed by atoms with Crippen molar-refractivity contribution in [1.29, 1.82) is 0 Å². The third-order valence-corrected chi connectivity index (χ3v) is 4.45. The fourth-order valence-corrected chi connectivity index (χ4v) is 3.01. The second kappa shape index (κ2) is 7.91. The summed E-state index contributed by atoms with van der Waals surface area (Å²) in [5.74, 6) is 1.25. The smallest absolute Gasteiger partial charge is 0.206 e. The molecule has 25 heavy (non-hydrogen) atoms. The number of hydrogen-bond acceptors (Lipinski definition) is 8. The number of nitrogens with one attached hydrogen (secondary N) is 1. The summed E-state index contributed by atoms with van der Waals surface area (Å²) in [6.07, 6.45) is 0.926. The van der Waals surface area contributed by atoms with Crippen LogP contribution < -0.4 is 14.8 Å². The molecule has 1 unspecified atom stereocenters. The minimum Gasteiger partial charge on any atom is -0.497 e. The summed E-state index contributed by atoms with van der Waals surface area (Å²) >= 11 is 1.38. The van der Waals surface area contributed by atoms with Gasteiger partial charge in [0.15, 0.2) is 5.01 Å². The van der Waals surface area contributed by atoms with E-state index in [-0.39, 0.29) is 6.54 Å². The fourth-order valence-electron chi connectivity index (χ4n) is 2.28. The molecule has 0 aliphatic carbocycles. The molecule has 0 fully saturated rings. The van der Waals surface area contributed by atoms with Crippen LogP contribution >= 0.6 is 11.3 Å². The highest BCUT2D eigenvalue weighted by Gasteiger charge is 2.16. The van der Waals surface area contributed by atoms with Crippen LogP contribution in [-0.2, 0) is 0 Å². The number of ether oxygens (including phenoxy) is 2. The average Bonchev–Trinajstić information content (AvgIpc) is 3.15. The van der Waals surface area contributed by atoms with Crippen LogP contribution in [0.4, 0.5) is 5.13 Å². The summed E-state index contributed by atoms with van der Waals surface area (Å²) in [6.45, 7) is 0.264. The predicted octanol–water partition coefficient (Wildman–Crippen LogP) is 2.76. The molecule has 0 amide bonds. The van der Waals surface area contributed by atoms with Gasteiger partial charge in [-0.25, -0.2) is 0 Å². The van der Waals surface area contributed by atoms with Gasteiger partial charge in [-0.05, 0) is 30.3 Å². The highest BCUT2D eigenvalue weighted by Crippen LogP contribution is 2.30. The molecular formula is C17H18N4O3S. The average molecular weight is 358 g/mol. The summed E-state index contributed by atoms with van der Waals surface area (Å²) in [4.78, 5) is 4.25. The second-order valence-corrected chi connectivity index (χ2v) is 6.11. The molecule has 0 aliphatic rings. The molecule has 0 saturated heterocycles. The van der Waals surface area contributed by atoms with Crippen molar-refractivity contribution >= 4 is 16.5 Å². The van der Waals surface area contributed by atoms with Gasteiger partial charge in [-0.3, -0.25) is 4.98 Å². The standard InChI is InChI=1S/C17H18N4O3S/c1-23-11-6-7-15(24-2)12(9-11)14(22)10-19-17-21-20-16(25-17)13-5-3-4-8-18-13/h3-9,14,22H,10H2,1-2H3,(H,19,21). The van der Waals surface area contributed by atoms with Crippen LogP contribution in [0.5, 0.6) is 11.5 Å². The first kappa shape index (κ1) is 17.1. The van der Waals surface area contributed by atoms with Gasteiger partial charge in [0.1, 0.15) is 17.2 Å². The van der Waals surface area contributed by atoms with Crippen molar-refractivity contribution in [3.63, 3.8) is 0 Å². The molecule has 2 N–H and O–H groups in total. The second-order valence-electron chi connectivity index (χ2n) is 5.13. The van der Waals surface area contributed by atoms with E-state index in [0.717, 1.165) is 10.7 Å². The first-order chi connectivity index (χ1) is 12.2. The van der Waals surface area contributed by atoms with Gasteiger partial charge in [-0.15, -0.1) is 10.2 Å². The number of rotatable bonds is 7. The van der Waals surface area contributed by atoms with Crippen molar-refractivity contribution in [3.8, 4) is 22.2 Å². The Bertz CT molecular complexity index is 826. The summed E-state index contributed by atoms with van der Waals surface area (Å²) < 4.78 is 10.5. The predicted molar refractivity (Wildman–Crippen MR) is 96.1 cm³/mol. The Morgan fingerprint density at radius 3 is 2.76 bits per heavy atom. The number of pyridine rings is 1. The third kappa shape index (κ3) is 4.04. The normalized spacial score (nSPS) is 11.8. The summed E-state index contributed by atoms with van der Waals surface area (Å²) in [5.41, 5.74) is 1.41. The molecule has 130 valence electrons. The van der Waals surface area contributed by atoms with Crippen LogP contribution in [0.1, 0.15) is 11.7 Å². The summed E-state index contributed by atoms with van der Waals surface area (Å²) in [5, 5.41) is 23.1. The fraction of sp³-hybridized carbons (Fsp3) is 0.235. The molecule has 7 nitrogen and oxygen atoms in total. The number of anilines is 1. The molecule has 3 rings (SSSR count). The lowest BCUT2D eigenvalue weighted by molar-refractivity contribution is 0.186. The Hall–Kier alpha value is -2.71. The molecular weight excluding hydrogens is 340 g/mol. The Balaban J connectivity index is 1.69. The monoisotopic (exact) mass is 358 g/mol. The largest absolute Gasteiger partial charge is 0.497 e. The summed E-state index contributed by atoms with van der Waals surface area (Å²) in [6, 6.07) is 10.9. The Morgan fingerprint density at radius 1 is 1.16 bits per heavy atom. The van der Waals surface area contributed by atoms with E-state index in [2.05, 4.69) is 20.5 Å². The number of aromatic nitrogens is 3. The maximum atomic E-state index is 10.5. The number of benzene rings is 1. The Morgan fingerprint density at radius 2 is 2.04 bits per heavy atom. The number of aliphatic hydroxyl groups is 1. The van der Waals surface area contributed by atoms with Crippen molar-refractivity contribution in [2.45, 2.75) is 6.10 Å². The maximum Gasteiger partial charge on any atom is 0.206 e. The van der Waals surface area contributed by atoms with Crippen LogP contribution in [0.15, 0.2) is 42.6 Å². The van der Waals surface area contributed by atoms with Gasteiger partial charge < -0.3 is 19.9 Å². The SMILES string of the molecule is COc1ccc(OC)c(C(O)CNc2nnc(-c3ccccn3)s2)c1. The third-order valence-electron chi connectivity index (χ3n) is 3.55. The lowest BCUT2D eigenvalue weighted by Gasteiger charge is -2.16. The molecule has 2 heterocycles. The van der Waals surface area contributed by atoms with Crippen LogP contribution in [0.2, 0.25) is 0 Å². The lowest BCUT2D eigenvalue weighted by Crippen LogP contribution is -2.13. The molecule has 1 atom stereocenters. The van der Waals surface area contributed by atoms with Gasteiger partial charge in [0.05, 0.1) is 20.3 Å². The zero-order chi connectivity index (χ0) is 17.6. The van der Waals surface area contributed by atoms with E-state index in [4.69, 9.17) is 9.47 Å². The number of aliphatic hydroxyl groups excluding tert-OH is 1. The van der Waals surface area contributed by atoms with Crippen LogP contribution in [0, 0.1) is 0 Å². The number of nitrogens with zero attached hydrogens (tertiary/aromatic N) is 3. The van der Waals surface area contributed by atoms with E-state index < -0.39 is 6.10 Å². The molecule has 0 saturated carbocycles. The van der Waals surface area contributed by atoms with E-state index in [1.54, 1.807) is 38.6 Å². The van der Waals surface area contributed by atoms with Crippen LogP contribution in [-0.4, -0.2) is 41.1 Å². The molecule has 0 radical (unpaired) electrons. The van der Waals surface area contributed by atoms with Gasteiger partial charge in [-0.2, -0.15) is 0 Å². The van der Waals surface area contributed by atoms with E-state index in [9.17, 15) is 5.11 Å². The van der Waals surface area contributed by atoms with Gasteiger partial charge in [-0.1, -0.05) is 17.4 Å². The van der Waals surface area contributed by atoms with E-state index >= 15 is 0 Å². The minimum atomic E-state index is -0.785. The lowest BCUT2D eigenvalue weighted by atomic mass is 10.1. The van der Waals surface area contributed by atoms with Gasteiger partial charge in [0.25, 0.3) is 0 Å². The van der Waals surface area contributed by atoms with Crippen molar-refractivity contribution in [2.24, 2.45) is 0 Å². The minimum absolute atomic E-state index is 0.264. The Labute approximate surface area is 149 Å². The highest BCUT2D eigenvalue weighted by molar-refractivity contribution is 7.18. The van der Waals surface area contributed by atoms with E-state index in [0.29, 0.717) is 22.2 Å². The van der Waals surface area contributed by atoms with E-state index in [1.165, 1.54) is 11.3 Å². The molecule has 3 aromatic rings. The maximum absolute atomic E-state index is 10.5. The molecule has 1 aromatic carbocycles. The van der Waals surface area contributed by atoms with Crippen molar-refractivity contribution in [3.05, 3.63) is 48.2 Å². The van der Waals surface area contributed by atoms with Gasteiger partial charge in [0, 0.05) is 18.3 Å². The van der Waals surface area contributed by atoms with Crippen molar-refractivity contribution in [2.75, 3.05) is 26.1 Å². The van der Waals surface area contributed by atoms with Crippen LogP contribution in [0.3, 0.4) is 0 Å². The first-order valence-electron chi connectivity index (χ1n) is 7.60.